The van der Waals surface area contributed by atoms with Gasteiger partial charge in [-0.3, -0.25) is 14.5 Å². The molecule has 6 heteroatoms. The van der Waals surface area contributed by atoms with Crippen LogP contribution in [-0.2, 0) is 16.0 Å². The smallest absolute Gasteiger partial charge is 0.246 e. The van der Waals surface area contributed by atoms with Crippen LogP contribution in [0.2, 0.25) is 0 Å². The van der Waals surface area contributed by atoms with Gasteiger partial charge in [0.25, 0.3) is 0 Å². The van der Waals surface area contributed by atoms with E-state index in [-0.39, 0.29) is 11.8 Å². The summed E-state index contributed by atoms with van der Waals surface area (Å²) in [6.07, 6.45) is 4.43. The Balaban J connectivity index is 1.48. The third kappa shape index (κ3) is 4.60. The van der Waals surface area contributed by atoms with E-state index in [1.165, 1.54) is 5.56 Å². The third-order valence-electron chi connectivity index (χ3n) is 4.56. The molecule has 3 rings (SSSR count). The molecule has 1 saturated heterocycles. The number of nitrogens with one attached hydrogen (secondary N) is 1. The maximum absolute atomic E-state index is 12.4. The number of ether oxygens (including phenoxy) is 1. The number of fused-ring (bicyclic) bond motifs is 1. The van der Waals surface area contributed by atoms with Gasteiger partial charge in [0.05, 0.1) is 13.2 Å². The van der Waals surface area contributed by atoms with Crippen LogP contribution < -0.4 is 10.1 Å². The van der Waals surface area contributed by atoms with Crippen molar-refractivity contribution in [2.75, 3.05) is 45.9 Å². The van der Waals surface area contributed by atoms with Gasteiger partial charge in [-0.1, -0.05) is 6.07 Å². The number of nitrogens with zero attached hydrogens (tertiary/aromatic N) is 2. The second-order valence-corrected chi connectivity index (χ2v) is 6.35. The lowest BCUT2D eigenvalue weighted by Gasteiger charge is -2.33. The van der Waals surface area contributed by atoms with E-state index in [9.17, 15) is 9.59 Å². The third-order valence-corrected chi connectivity index (χ3v) is 4.56. The first kappa shape index (κ1) is 17.5. The van der Waals surface area contributed by atoms with Crippen molar-refractivity contribution in [2.24, 2.45) is 0 Å². The summed E-state index contributed by atoms with van der Waals surface area (Å²) in [5.74, 6) is 1.02. The normalized spacial score (nSPS) is 17.4. The molecule has 2 amide bonds. The number of rotatable bonds is 5. The standard InChI is InChI=1S/C19H25N3O3/c1-2-20-18(23)14-21-8-10-22(11-9-21)19(24)6-4-15-3-5-17-16(13-15)7-12-25-17/h3-6,13H,2,7-12,14H2,1H3,(H,20,23)/b6-4+. The number of piperazine rings is 1. The van der Waals surface area contributed by atoms with Gasteiger partial charge in [0.2, 0.25) is 11.8 Å². The number of likely N-dealkylation sites (N-methyl/N-ethyl adjacent to an activating group) is 1. The number of carbonyl (C=O) groups excluding carboxylic acids is 2. The largest absolute Gasteiger partial charge is 0.493 e. The SMILES string of the molecule is CCNC(=O)CN1CCN(C(=O)/C=C/c2ccc3c(c2)CCO3)CC1. The number of hydrogen-bond acceptors (Lipinski definition) is 4. The van der Waals surface area contributed by atoms with E-state index >= 15 is 0 Å². The van der Waals surface area contributed by atoms with E-state index in [1.54, 1.807) is 6.08 Å². The lowest BCUT2D eigenvalue weighted by atomic mass is 10.1. The molecule has 0 bridgehead atoms. The zero-order chi connectivity index (χ0) is 17.6. The Labute approximate surface area is 148 Å². The highest BCUT2D eigenvalue weighted by molar-refractivity contribution is 5.92. The second-order valence-electron chi connectivity index (χ2n) is 6.35. The van der Waals surface area contributed by atoms with E-state index in [2.05, 4.69) is 16.3 Å². The van der Waals surface area contributed by atoms with Gasteiger partial charge in [-0.25, -0.2) is 0 Å². The highest BCUT2D eigenvalue weighted by atomic mass is 16.5. The van der Waals surface area contributed by atoms with E-state index in [1.807, 2.05) is 30.0 Å². The minimum absolute atomic E-state index is 0.0226. The number of amides is 2. The fourth-order valence-corrected chi connectivity index (χ4v) is 3.17. The Morgan fingerprint density at radius 3 is 2.80 bits per heavy atom. The van der Waals surface area contributed by atoms with Gasteiger partial charge in [-0.15, -0.1) is 0 Å². The topological polar surface area (TPSA) is 61.9 Å². The van der Waals surface area contributed by atoms with E-state index in [0.717, 1.165) is 37.4 Å². The van der Waals surface area contributed by atoms with Crippen molar-refractivity contribution in [3.63, 3.8) is 0 Å². The van der Waals surface area contributed by atoms with Gasteiger partial charge in [0, 0.05) is 45.2 Å². The Morgan fingerprint density at radius 2 is 2.04 bits per heavy atom. The van der Waals surface area contributed by atoms with E-state index in [0.29, 0.717) is 26.2 Å². The number of hydrogen-bond donors (Lipinski definition) is 1. The van der Waals surface area contributed by atoms with Crippen LogP contribution in [0.25, 0.3) is 6.08 Å². The second kappa shape index (κ2) is 8.16. The first-order chi connectivity index (χ1) is 12.2. The molecular weight excluding hydrogens is 318 g/mol. The molecule has 0 radical (unpaired) electrons. The monoisotopic (exact) mass is 343 g/mol. The maximum atomic E-state index is 12.4. The van der Waals surface area contributed by atoms with Crippen LogP contribution in [0.4, 0.5) is 0 Å². The van der Waals surface area contributed by atoms with Crippen molar-refractivity contribution in [3.05, 3.63) is 35.4 Å². The molecule has 1 aromatic carbocycles. The molecule has 0 unspecified atom stereocenters. The van der Waals surface area contributed by atoms with Crippen molar-refractivity contribution < 1.29 is 14.3 Å². The number of benzene rings is 1. The van der Waals surface area contributed by atoms with Crippen LogP contribution in [-0.4, -0.2) is 67.5 Å². The summed E-state index contributed by atoms with van der Waals surface area (Å²) in [5, 5.41) is 2.80. The lowest BCUT2D eigenvalue weighted by Crippen LogP contribution is -2.50. The number of carbonyl (C=O) groups is 2. The molecule has 6 nitrogen and oxygen atoms in total. The molecule has 0 aromatic heterocycles. The summed E-state index contributed by atoms with van der Waals surface area (Å²) in [6.45, 7) is 6.47. The average Bonchev–Trinajstić information content (AvgIpc) is 3.08. The summed E-state index contributed by atoms with van der Waals surface area (Å²) < 4.78 is 5.49. The van der Waals surface area contributed by atoms with Crippen LogP contribution in [0.15, 0.2) is 24.3 Å². The quantitative estimate of drug-likeness (QED) is 0.808. The van der Waals surface area contributed by atoms with Crippen molar-refractivity contribution in [1.82, 2.24) is 15.1 Å². The summed E-state index contributed by atoms with van der Waals surface area (Å²) in [4.78, 5) is 27.9. The van der Waals surface area contributed by atoms with Crippen LogP contribution in [0.5, 0.6) is 5.75 Å². The van der Waals surface area contributed by atoms with Gasteiger partial charge >= 0.3 is 0 Å². The molecule has 0 atom stereocenters. The minimum Gasteiger partial charge on any atom is -0.493 e. The van der Waals surface area contributed by atoms with Crippen LogP contribution in [0, 0.1) is 0 Å². The zero-order valence-electron chi connectivity index (χ0n) is 14.7. The molecule has 134 valence electrons. The maximum Gasteiger partial charge on any atom is 0.246 e. The molecule has 0 aliphatic carbocycles. The van der Waals surface area contributed by atoms with Crippen LogP contribution >= 0.6 is 0 Å². The Kier molecular flexibility index (Phi) is 5.71. The summed E-state index contributed by atoms with van der Waals surface area (Å²) in [6, 6.07) is 6.02. The van der Waals surface area contributed by atoms with Gasteiger partial charge < -0.3 is 15.0 Å². The van der Waals surface area contributed by atoms with Crippen LogP contribution in [0.1, 0.15) is 18.1 Å². The first-order valence-electron chi connectivity index (χ1n) is 8.87. The lowest BCUT2D eigenvalue weighted by molar-refractivity contribution is -0.128. The van der Waals surface area contributed by atoms with E-state index < -0.39 is 0 Å². The summed E-state index contributed by atoms with van der Waals surface area (Å²) >= 11 is 0. The Bertz CT molecular complexity index is 664. The van der Waals surface area contributed by atoms with Gasteiger partial charge in [-0.05, 0) is 36.3 Å². The van der Waals surface area contributed by atoms with Gasteiger partial charge in [-0.2, -0.15) is 0 Å². The Hall–Kier alpha value is -2.34. The van der Waals surface area contributed by atoms with Crippen molar-refractivity contribution in [1.29, 1.82) is 0 Å². The van der Waals surface area contributed by atoms with Gasteiger partial charge in [0.15, 0.2) is 0 Å². The molecular formula is C19H25N3O3. The summed E-state index contributed by atoms with van der Waals surface area (Å²) in [5.41, 5.74) is 2.22. The molecule has 1 N–H and O–H groups in total. The first-order valence-corrected chi connectivity index (χ1v) is 8.87. The van der Waals surface area contributed by atoms with Gasteiger partial charge in [0.1, 0.15) is 5.75 Å². The highest BCUT2D eigenvalue weighted by Gasteiger charge is 2.21. The van der Waals surface area contributed by atoms with Crippen molar-refractivity contribution in [3.8, 4) is 5.75 Å². The minimum atomic E-state index is 0.0226. The molecule has 1 aromatic rings. The highest BCUT2D eigenvalue weighted by Crippen LogP contribution is 2.26. The predicted octanol–water partition coefficient (Wildman–Crippen LogP) is 0.915. The van der Waals surface area contributed by atoms with Crippen molar-refractivity contribution in [2.45, 2.75) is 13.3 Å². The van der Waals surface area contributed by atoms with Crippen molar-refractivity contribution >= 4 is 17.9 Å². The predicted molar refractivity (Wildman–Crippen MR) is 96.4 cm³/mol. The molecule has 0 saturated carbocycles. The summed E-state index contributed by atoms with van der Waals surface area (Å²) in [7, 11) is 0. The zero-order valence-corrected chi connectivity index (χ0v) is 14.7. The fourth-order valence-electron chi connectivity index (χ4n) is 3.17. The van der Waals surface area contributed by atoms with Crippen LogP contribution in [0.3, 0.4) is 0 Å². The molecule has 2 aliphatic heterocycles. The molecule has 1 fully saturated rings. The van der Waals surface area contributed by atoms with E-state index in [4.69, 9.17) is 4.74 Å². The Morgan fingerprint density at radius 1 is 1.24 bits per heavy atom. The molecule has 25 heavy (non-hydrogen) atoms. The molecule has 2 aliphatic rings. The molecule has 0 spiro atoms. The fraction of sp³-hybridized carbons (Fsp3) is 0.474. The average molecular weight is 343 g/mol. The molecule has 2 heterocycles.